The molecule has 0 fully saturated rings. The van der Waals surface area contributed by atoms with Gasteiger partial charge in [-0.3, -0.25) is 0 Å². The Kier molecular flexibility index (Phi) is 2.69. The van der Waals surface area contributed by atoms with E-state index in [1.807, 2.05) is 30.3 Å². The van der Waals surface area contributed by atoms with Crippen molar-refractivity contribution >= 4 is 28.1 Å². The molecular formula is C14H13ClO2. The summed E-state index contributed by atoms with van der Waals surface area (Å²) in [7, 11) is 0. The number of aliphatic hydroxyl groups is 1. The molecule has 17 heavy (non-hydrogen) atoms. The van der Waals surface area contributed by atoms with Gasteiger partial charge < -0.3 is 9.52 Å². The highest BCUT2D eigenvalue weighted by molar-refractivity contribution is 6.31. The highest BCUT2D eigenvalue weighted by Gasteiger charge is 2.15. The van der Waals surface area contributed by atoms with Gasteiger partial charge in [0.25, 0.3) is 0 Å². The third-order valence-corrected chi connectivity index (χ3v) is 3.37. The Bertz CT molecular complexity index is 583. The third-order valence-electron chi connectivity index (χ3n) is 3.13. The Labute approximate surface area is 104 Å². The molecule has 0 saturated carbocycles. The summed E-state index contributed by atoms with van der Waals surface area (Å²) in [5, 5.41) is 11.3. The monoisotopic (exact) mass is 248 g/mol. The van der Waals surface area contributed by atoms with Gasteiger partial charge in [0.1, 0.15) is 11.3 Å². The molecule has 1 heterocycles. The second-order valence-electron chi connectivity index (χ2n) is 4.44. The van der Waals surface area contributed by atoms with Gasteiger partial charge in [-0.1, -0.05) is 11.6 Å². The van der Waals surface area contributed by atoms with Crippen LogP contribution in [0.1, 0.15) is 25.0 Å². The average Bonchev–Trinajstić information content (AvgIpc) is 2.72. The van der Waals surface area contributed by atoms with Crippen molar-refractivity contribution in [1.29, 1.82) is 0 Å². The van der Waals surface area contributed by atoms with Crippen molar-refractivity contribution in [2.75, 3.05) is 0 Å². The lowest BCUT2D eigenvalue weighted by Crippen LogP contribution is -2.07. The second-order valence-corrected chi connectivity index (χ2v) is 4.88. The molecule has 0 aliphatic heterocycles. The molecule has 1 unspecified atom stereocenters. The molecule has 88 valence electrons. The highest BCUT2D eigenvalue weighted by atomic mass is 35.5. The van der Waals surface area contributed by atoms with Gasteiger partial charge in [-0.2, -0.15) is 0 Å². The maximum absolute atomic E-state index is 9.62. The van der Waals surface area contributed by atoms with E-state index in [2.05, 4.69) is 0 Å². The molecule has 3 heteroatoms. The Morgan fingerprint density at radius 2 is 2.18 bits per heavy atom. The second kappa shape index (κ2) is 4.21. The molecule has 1 aromatic heterocycles. The van der Waals surface area contributed by atoms with Gasteiger partial charge in [-0.25, -0.2) is 0 Å². The van der Waals surface area contributed by atoms with Crippen LogP contribution in [0.3, 0.4) is 0 Å². The summed E-state index contributed by atoms with van der Waals surface area (Å²) in [5.74, 6) is 0.848. The van der Waals surface area contributed by atoms with Crippen molar-refractivity contribution in [1.82, 2.24) is 0 Å². The number of fused-ring (bicyclic) bond motifs is 1. The first-order chi connectivity index (χ1) is 8.22. The van der Waals surface area contributed by atoms with Crippen molar-refractivity contribution in [3.05, 3.63) is 41.1 Å². The molecule has 0 saturated heterocycles. The zero-order chi connectivity index (χ0) is 11.8. The van der Waals surface area contributed by atoms with Crippen LogP contribution in [0.15, 0.2) is 34.8 Å². The molecular weight excluding hydrogens is 236 g/mol. The number of rotatable bonds is 1. The molecule has 1 atom stereocenters. The molecule has 0 amide bonds. The van der Waals surface area contributed by atoms with Crippen LogP contribution in [0, 0.1) is 0 Å². The summed E-state index contributed by atoms with van der Waals surface area (Å²) < 4.78 is 5.77. The van der Waals surface area contributed by atoms with Gasteiger partial charge >= 0.3 is 0 Å². The predicted molar refractivity (Wildman–Crippen MR) is 69.1 cm³/mol. The molecule has 3 rings (SSSR count). The maximum Gasteiger partial charge on any atom is 0.134 e. The van der Waals surface area contributed by atoms with E-state index in [0.717, 1.165) is 41.6 Å². The number of benzene rings is 1. The minimum absolute atomic E-state index is 0.337. The summed E-state index contributed by atoms with van der Waals surface area (Å²) in [4.78, 5) is 0. The van der Waals surface area contributed by atoms with Crippen molar-refractivity contribution in [3.8, 4) is 0 Å². The van der Waals surface area contributed by atoms with Crippen molar-refractivity contribution in [2.24, 2.45) is 0 Å². The molecule has 2 nitrogen and oxygen atoms in total. The summed E-state index contributed by atoms with van der Waals surface area (Å²) in [5.41, 5.74) is 1.93. The third kappa shape index (κ3) is 2.11. The fourth-order valence-electron chi connectivity index (χ4n) is 2.28. The van der Waals surface area contributed by atoms with Crippen LogP contribution < -0.4 is 0 Å². The largest absolute Gasteiger partial charge is 0.456 e. The van der Waals surface area contributed by atoms with Gasteiger partial charge in [0.05, 0.1) is 6.10 Å². The minimum Gasteiger partial charge on any atom is -0.456 e. The Morgan fingerprint density at radius 3 is 3.00 bits per heavy atom. The van der Waals surface area contributed by atoms with E-state index in [1.165, 1.54) is 0 Å². The number of hydrogen-bond donors (Lipinski definition) is 1. The highest BCUT2D eigenvalue weighted by Crippen LogP contribution is 2.32. The van der Waals surface area contributed by atoms with E-state index in [0.29, 0.717) is 5.02 Å². The number of allylic oxidation sites excluding steroid dienone is 1. The lowest BCUT2D eigenvalue weighted by Gasteiger charge is -2.14. The quantitative estimate of drug-likeness (QED) is 0.827. The molecule has 1 aliphatic carbocycles. The van der Waals surface area contributed by atoms with E-state index in [1.54, 1.807) is 0 Å². The van der Waals surface area contributed by atoms with Crippen LogP contribution in [0.2, 0.25) is 5.02 Å². The van der Waals surface area contributed by atoms with Crippen molar-refractivity contribution in [3.63, 3.8) is 0 Å². The molecule has 0 radical (unpaired) electrons. The molecule has 0 spiro atoms. The number of aliphatic hydroxyl groups excluding tert-OH is 1. The van der Waals surface area contributed by atoms with E-state index in [9.17, 15) is 5.11 Å². The number of hydrogen-bond acceptors (Lipinski definition) is 2. The van der Waals surface area contributed by atoms with E-state index in [-0.39, 0.29) is 6.10 Å². The first-order valence-electron chi connectivity index (χ1n) is 5.80. The van der Waals surface area contributed by atoms with Gasteiger partial charge in [-0.15, -0.1) is 0 Å². The number of furan rings is 1. The van der Waals surface area contributed by atoms with Crippen LogP contribution in [-0.4, -0.2) is 11.2 Å². The topological polar surface area (TPSA) is 33.4 Å². The standard InChI is InChI=1S/C14H13ClO2/c15-11-4-5-13-10(6-11)8-14(17-13)9-2-1-3-12(16)7-9/h4-8,12,16H,1-3H2. The number of halogens is 1. The van der Waals surface area contributed by atoms with E-state index in [4.69, 9.17) is 16.0 Å². The van der Waals surface area contributed by atoms with Crippen LogP contribution in [-0.2, 0) is 0 Å². The van der Waals surface area contributed by atoms with Crippen LogP contribution in [0.25, 0.3) is 16.5 Å². The molecule has 1 aromatic carbocycles. The Hall–Kier alpha value is -1.25. The minimum atomic E-state index is -0.337. The Balaban J connectivity index is 2.06. The predicted octanol–water partition coefficient (Wildman–Crippen LogP) is 4.01. The summed E-state index contributed by atoms with van der Waals surface area (Å²) in [6, 6.07) is 7.58. The average molecular weight is 249 g/mol. The lowest BCUT2D eigenvalue weighted by atomic mass is 9.96. The summed E-state index contributed by atoms with van der Waals surface area (Å²) >= 11 is 5.94. The molecule has 1 aliphatic rings. The molecule has 1 N–H and O–H groups in total. The van der Waals surface area contributed by atoms with Crippen LogP contribution in [0.5, 0.6) is 0 Å². The first kappa shape index (κ1) is 10.9. The normalized spacial score (nSPS) is 20.6. The smallest absolute Gasteiger partial charge is 0.134 e. The zero-order valence-electron chi connectivity index (χ0n) is 9.32. The van der Waals surface area contributed by atoms with Gasteiger partial charge in [0.15, 0.2) is 0 Å². The Morgan fingerprint density at radius 1 is 1.29 bits per heavy atom. The van der Waals surface area contributed by atoms with Gasteiger partial charge in [0, 0.05) is 10.4 Å². The fraction of sp³-hybridized carbons (Fsp3) is 0.286. The molecule has 0 bridgehead atoms. The summed E-state index contributed by atoms with van der Waals surface area (Å²) in [6.45, 7) is 0. The van der Waals surface area contributed by atoms with Gasteiger partial charge in [0.2, 0.25) is 0 Å². The zero-order valence-corrected chi connectivity index (χ0v) is 10.1. The molecule has 2 aromatic rings. The lowest BCUT2D eigenvalue weighted by molar-refractivity contribution is 0.205. The van der Waals surface area contributed by atoms with Crippen LogP contribution in [0.4, 0.5) is 0 Å². The van der Waals surface area contributed by atoms with E-state index >= 15 is 0 Å². The van der Waals surface area contributed by atoms with Gasteiger partial charge in [-0.05, 0) is 55.2 Å². The SMILES string of the molecule is OC1C=C(c2cc3cc(Cl)ccc3o2)CCC1. The maximum atomic E-state index is 9.62. The van der Waals surface area contributed by atoms with Crippen LogP contribution >= 0.6 is 11.6 Å². The van der Waals surface area contributed by atoms with E-state index < -0.39 is 0 Å². The summed E-state index contributed by atoms with van der Waals surface area (Å²) in [6.07, 6.45) is 4.36. The first-order valence-corrected chi connectivity index (χ1v) is 6.18. The fourth-order valence-corrected chi connectivity index (χ4v) is 2.46. The van der Waals surface area contributed by atoms with Crippen molar-refractivity contribution in [2.45, 2.75) is 25.4 Å². The van der Waals surface area contributed by atoms with Crippen molar-refractivity contribution < 1.29 is 9.52 Å².